The van der Waals surface area contributed by atoms with Crippen molar-refractivity contribution in [2.75, 3.05) is 0 Å². The zero-order valence-corrected chi connectivity index (χ0v) is 9.15. The Bertz CT molecular complexity index is 521. The first kappa shape index (κ1) is 9.61. The lowest BCUT2D eigenvalue weighted by atomic mass is 10.2. The molecule has 1 aromatic heterocycles. The molecule has 2 nitrogen and oxygen atoms in total. The van der Waals surface area contributed by atoms with Crippen molar-refractivity contribution >= 4 is 43.3 Å². The van der Waals surface area contributed by atoms with Crippen LogP contribution in [-0.4, -0.2) is 11.1 Å². The number of benzene rings is 1. The number of carbonyl (C=O) groups is 1. The van der Waals surface area contributed by atoms with Gasteiger partial charge in [0.25, 0.3) is 0 Å². The van der Waals surface area contributed by atoms with Crippen LogP contribution in [0, 0.1) is 5.82 Å². The molecule has 2 rings (SSSR count). The Morgan fingerprint density at radius 3 is 2.79 bits per heavy atom. The molecule has 0 radical (unpaired) electrons. The van der Waals surface area contributed by atoms with Crippen LogP contribution >= 0.6 is 27.3 Å². The summed E-state index contributed by atoms with van der Waals surface area (Å²) in [6.07, 6.45) is 0. The molecule has 0 atom stereocenters. The lowest BCUT2D eigenvalue weighted by molar-refractivity contribution is 0.0702. The Kier molecular flexibility index (Phi) is 2.28. The standard InChI is InChI=1S/C9H4BrFO2S/c10-6-1-4(11)2-7-5(6)3-8(14-7)9(12)13/h1-3H,(H,12,13). The summed E-state index contributed by atoms with van der Waals surface area (Å²) in [6, 6.07) is 4.18. The molecule has 0 aliphatic rings. The molecule has 1 aromatic carbocycles. The van der Waals surface area contributed by atoms with E-state index >= 15 is 0 Å². The summed E-state index contributed by atoms with van der Waals surface area (Å²) in [5.74, 6) is -1.36. The Hall–Kier alpha value is -0.940. The number of aromatic carboxylic acids is 1. The number of hydrogen-bond donors (Lipinski definition) is 1. The SMILES string of the molecule is O=C(O)c1cc2c(Br)cc(F)cc2s1. The topological polar surface area (TPSA) is 37.3 Å². The summed E-state index contributed by atoms with van der Waals surface area (Å²) in [7, 11) is 0. The zero-order valence-electron chi connectivity index (χ0n) is 6.75. The molecule has 0 saturated heterocycles. The van der Waals surface area contributed by atoms with Gasteiger partial charge in [0.2, 0.25) is 0 Å². The Morgan fingerprint density at radius 2 is 2.14 bits per heavy atom. The van der Waals surface area contributed by atoms with Gasteiger partial charge in [-0.05, 0) is 18.2 Å². The van der Waals surface area contributed by atoms with Crippen molar-refractivity contribution in [1.29, 1.82) is 0 Å². The van der Waals surface area contributed by atoms with Crippen LogP contribution in [0.1, 0.15) is 9.67 Å². The number of fused-ring (bicyclic) bond motifs is 1. The first-order valence-electron chi connectivity index (χ1n) is 3.70. The van der Waals surface area contributed by atoms with E-state index < -0.39 is 5.97 Å². The molecule has 1 N–H and O–H groups in total. The summed E-state index contributed by atoms with van der Waals surface area (Å²) >= 11 is 4.25. The molecule has 0 unspecified atom stereocenters. The van der Waals surface area contributed by atoms with E-state index in [1.54, 1.807) is 0 Å². The summed E-state index contributed by atoms with van der Waals surface area (Å²) < 4.78 is 14.2. The molecule has 14 heavy (non-hydrogen) atoms. The lowest BCUT2D eigenvalue weighted by Gasteiger charge is -1.93. The van der Waals surface area contributed by atoms with Gasteiger partial charge in [-0.15, -0.1) is 11.3 Å². The Morgan fingerprint density at radius 1 is 1.43 bits per heavy atom. The monoisotopic (exact) mass is 274 g/mol. The van der Waals surface area contributed by atoms with Crippen molar-refractivity contribution in [2.45, 2.75) is 0 Å². The van der Waals surface area contributed by atoms with Crippen LogP contribution in [0.4, 0.5) is 4.39 Å². The van der Waals surface area contributed by atoms with Gasteiger partial charge in [-0.2, -0.15) is 0 Å². The predicted molar refractivity (Wildman–Crippen MR) is 56.4 cm³/mol. The highest BCUT2D eigenvalue weighted by atomic mass is 79.9. The Balaban J connectivity index is 2.76. The van der Waals surface area contributed by atoms with Gasteiger partial charge in [0.05, 0.1) is 0 Å². The van der Waals surface area contributed by atoms with E-state index in [-0.39, 0.29) is 10.7 Å². The van der Waals surface area contributed by atoms with Crippen molar-refractivity contribution in [1.82, 2.24) is 0 Å². The molecule has 2 aromatic rings. The van der Waals surface area contributed by atoms with Crippen molar-refractivity contribution in [2.24, 2.45) is 0 Å². The summed E-state index contributed by atoms with van der Waals surface area (Å²) in [4.78, 5) is 10.9. The average Bonchev–Trinajstić information content (AvgIpc) is 2.47. The number of rotatable bonds is 1. The van der Waals surface area contributed by atoms with E-state index in [4.69, 9.17) is 5.11 Å². The van der Waals surface area contributed by atoms with E-state index in [2.05, 4.69) is 15.9 Å². The number of thiophene rings is 1. The molecular formula is C9H4BrFO2S. The van der Waals surface area contributed by atoms with Gasteiger partial charge in [0.1, 0.15) is 10.7 Å². The number of carboxylic acids is 1. The molecular weight excluding hydrogens is 271 g/mol. The van der Waals surface area contributed by atoms with Gasteiger partial charge >= 0.3 is 5.97 Å². The third-order valence-corrected chi connectivity index (χ3v) is 3.49. The fraction of sp³-hybridized carbons (Fsp3) is 0. The van der Waals surface area contributed by atoms with E-state index in [0.717, 1.165) is 16.7 Å². The maximum atomic E-state index is 12.9. The maximum absolute atomic E-state index is 12.9. The predicted octanol–water partition coefficient (Wildman–Crippen LogP) is 3.50. The number of hydrogen-bond acceptors (Lipinski definition) is 2. The second kappa shape index (κ2) is 3.33. The third-order valence-electron chi connectivity index (χ3n) is 1.76. The first-order valence-corrected chi connectivity index (χ1v) is 5.31. The van der Waals surface area contributed by atoms with Crippen LogP contribution in [0.3, 0.4) is 0 Å². The molecule has 0 spiro atoms. The molecule has 0 fully saturated rings. The fourth-order valence-electron chi connectivity index (χ4n) is 1.17. The highest BCUT2D eigenvalue weighted by molar-refractivity contribution is 9.10. The van der Waals surface area contributed by atoms with E-state index in [9.17, 15) is 9.18 Å². The molecule has 0 aliphatic carbocycles. The fourth-order valence-corrected chi connectivity index (χ4v) is 2.80. The first-order chi connectivity index (χ1) is 6.58. The normalized spacial score (nSPS) is 10.7. The minimum Gasteiger partial charge on any atom is -0.477 e. The molecule has 72 valence electrons. The zero-order chi connectivity index (χ0) is 10.3. The molecule has 5 heteroatoms. The van der Waals surface area contributed by atoms with Crippen LogP contribution < -0.4 is 0 Å². The van der Waals surface area contributed by atoms with Crippen LogP contribution in [0.2, 0.25) is 0 Å². The summed E-state index contributed by atoms with van der Waals surface area (Å²) in [5.41, 5.74) is 0. The highest BCUT2D eigenvalue weighted by Gasteiger charge is 2.11. The van der Waals surface area contributed by atoms with Gasteiger partial charge < -0.3 is 5.11 Å². The van der Waals surface area contributed by atoms with Gasteiger partial charge in [0, 0.05) is 14.6 Å². The molecule has 0 bridgehead atoms. The van der Waals surface area contributed by atoms with E-state index in [1.165, 1.54) is 18.2 Å². The van der Waals surface area contributed by atoms with E-state index in [0.29, 0.717) is 9.17 Å². The van der Waals surface area contributed by atoms with Crippen molar-refractivity contribution in [3.63, 3.8) is 0 Å². The molecule has 0 amide bonds. The average molecular weight is 275 g/mol. The third kappa shape index (κ3) is 1.53. The van der Waals surface area contributed by atoms with E-state index in [1.807, 2.05) is 0 Å². The minimum absolute atomic E-state index is 0.214. The summed E-state index contributed by atoms with van der Waals surface area (Å²) in [5, 5.41) is 9.48. The van der Waals surface area contributed by atoms with Gasteiger partial charge in [-0.3, -0.25) is 0 Å². The highest BCUT2D eigenvalue weighted by Crippen LogP contribution is 2.32. The van der Waals surface area contributed by atoms with Crippen LogP contribution in [-0.2, 0) is 0 Å². The van der Waals surface area contributed by atoms with Gasteiger partial charge in [0.15, 0.2) is 0 Å². The lowest BCUT2D eigenvalue weighted by Crippen LogP contribution is -1.89. The largest absolute Gasteiger partial charge is 0.477 e. The summed E-state index contributed by atoms with van der Waals surface area (Å²) in [6.45, 7) is 0. The maximum Gasteiger partial charge on any atom is 0.345 e. The number of halogens is 2. The quantitative estimate of drug-likeness (QED) is 0.864. The van der Waals surface area contributed by atoms with Gasteiger partial charge in [-0.1, -0.05) is 15.9 Å². The van der Waals surface area contributed by atoms with Crippen molar-refractivity contribution < 1.29 is 14.3 Å². The van der Waals surface area contributed by atoms with Crippen molar-refractivity contribution in [3.05, 3.63) is 33.4 Å². The second-order valence-corrected chi connectivity index (χ2v) is 4.65. The number of carboxylic acid groups (broad SMARTS) is 1. The second-order valence-electron chi connectivity index (χ2n) is 2.72. The molecule has 0 saturated carbocycles. The van der Waals surface area contributed by atoms with Crippen molar-refractivity contribution in [3.8, 4) is 0 Å². The van der Waals surface area contributed by atoms with Crippen LogP contribution in [0.25, 0.3) is 10.1 Å². The smallest absolute Gasteiger partial charge is 0.345 e. The van der Waals surface area contributed by atoms with Crippen LogP contribution in [0.5, 0.6) is 0 Å². The van der Waals surface area contributed by atoms with Crippen LogP contribution in [0.15, 0.2) is 22.7 Å². The minimum atomic E-state index is -0.987. The van der Waals surface area contributed by atoms with Gasteiger partial charge in [-0.25, -0.2) is 9.18 Å². The molecule has 0 aliphatic heterocycles. The Labute approximate surface area is 91.1 Å². The molecule has 1 heterocycles.